The minimum atomic E-state index is 0.601. The summed E-state index contributed by atoms with van der Waals surface area (Å²) in [5.74, 6) is 8.21. The van der Waals surface area contributed by atoms with Gasteiger partial charge < -0.3 is 10.2 Å². The number of hydrogen-bond acceptors (Lipinski definition) is 6. The molecule has 102 valence electrons. The first-order chi connectivity index (χ1) is 9.19. The van der Waals surface area contributed by atoms with Crippen molar-refractivity contribution in [3.05, 3.63) is 23.8 Å². The van der Waals surface area contributed by atoms with E-state index in [9.17, 15) is 0 Å². The van der Waals surface area contributed by atoms with Gasteiger partial charge in [-0.1, -0.05) is 6.92 Å². The van der Waals surface area contributed by atoms with Crippen LogP contribution in [0.1, 0.15) is 25.2 Å². The van der Waals surface area contributed by atoms with Gasteiger partial charge in [0.15, 0.2) is 11.6 Å². The summed E-state index contributed by atoms with van der Waals surface area (Å²) in [5.41, 5.74) is 3.43. The molecule has 2 aromatic heterocycles. The lowest BCUT2D eigenvalue weighted by molar-refractivity contribution is 0.340. The van der Waals surface area contributed by atoms with Crippen molar-refractivity contribution in [2.24, 2.45) is 5.84 Å². The third-order valence-corrected chi connectivity index (χ3v) is 2.71. The fourth-order valence-corrected chi connectivity index (χ4v) is 1.73. The van der Waals surface area contributed by atoms with E-state index in [0.717, 1.165) is 12.0 Å². The first-order valence-corrected chi connectivity index (χ1v) is 6.21. The summed E-state index contributed by atoms with van der Waals surface area (Å²) in [6, 6.07) is 0. The molecule has 0 aliphatic carbocycles. The van der Waals surface area contributed by atoms with Crippen molar-refractivity contribution in [2.45, 2.75) is 27.2 Å². The maximum atomic E-state index is 5.48. The predicted molar refractivity (Wildman–Crippen MR) is 72.2 cm³/mol. The van der Waals surface area contributed by atoms with Crippen LogP contribution in [-0.2, 0) is 6.42 Å². The molecular weight excluding hydrogens is 244 g/mol. The maximum Gasteiger partial charge on any atom is 0.162 e. The maximum absolute atomic E-state index is 5.48. The lowest BCUT2D eigenvalue weighted by Crippen LogP contribution is -2.15. The highest BCUT2D eigenvalue weighted by molar-refractivity contribution is 5.50. The van der Waals surface area contributed by atoms with Crippen LogP contribution in [0.15, 0.2) is 12.4 Å². The van der Waals surface area contributed by atoms with Crippen LogP contribution in [-0.4, -0.2) is 26.4 Å². The third kappa shape index (κ3) is 2.65. The number of nitrogens with zero attached hydrogens (tertiary/aromatic N) is 4. The Morgan fingerprint density at radius 2 is 2.16 bits per heavy atom. The Bertz CT molecular complexity index is 565. The van der Waals surface area contributed by atoms with E-state index in [1.54, 1.807) is 17.1 Å². The molecule has 2 rings (SSSR count). The van der Waals surface area contributed by atoms with Crippen molar-refractivity contribution in [2.75, 3.05) is 12.0 Å². The molecule has 0 bridgehead atoms. The van der Waals surface area contributed by atoms with Gasteiger partial charge in [0.2, 0.25) is 0 Å². The number of rotatable bonds is 5. The molecule has 7 nitrogen and oxygen atoms in total. The van der Waals surface area contributed by atoms with Crippen LogP contribution < -0.4 is 16.0 Å². The van der Waals surface area contributed by atoms with Crippen LogP contribution in [0.2, 0.25) is 0 Å². The quantitative estimate of drug-likeness (QED) is 0.622. The molecule has 0 amide bonds. The minimum absolute atomic E-state index is 0.601. The topological polar surface area (TPSA) is 90.9 Å². The molecular formula is C12H18N6O. The summed E-state index contributed by atoms with van der Waals surface area (Å²) in [4.78, 5) is 8.80. The van der Waals surface area contributed by atoms with E-state index in [0.29, 0.717) is 29.8 Å². The average molecular weight is 262 g/mol. The number of hydrogen-bond donors (Lipinski definition) is 2. The van der Waals surface area contributed by atoms with Gasteiger partial charge in [0.05, 0.1) is 19.0 Å². The standard InChI is InChI=1S/C12H18N6O/c1-4-10-15-11(17-13)8(3)12(16-10)18-7-9(6-14-18)19-5-2/h6-7H,4-5,13H2,1-3H3,(H,15,16,17). The SMILES string of the molecule is CCOc1cnn(-c2nc(CC)nc(NN)c2C)c1. The summed E-state index contributed by atoms with van der Waals surface area (Å²) < 4.78 is 7.06. The molecule has 19 heavy (non-hydrogen) atoms. The number of aromatic nitrogens is 4. The Labute approximate surface area is 111 Å². The Morgan fingerprint density at radius 1 is 1.37 bits per heavy atom. The number of nitrogens with two attached hydrogens (primary N) is 1. The Morgan fingerprint density at radius 3 is 2.79 bits per heavy atom. The molecule has 0 saturated heterocycles. The van der Waals surface area contributed by atoms with Crippen molar-refractivity contribution in [1.82, 2.24) is 19.7 Å². The van der Waals surface area contributed by atoms with Gasteiger partial charge >= 0.3 is 0 Å². The van der Waals surface area contributed by atoms with Crippen LogP contribution >= 0.6 is 0 Å². The number of ether oxygens (including phenoxy) is 1. The molecule has 2 heterocycles. The van der Waals surface area contributed by atoms with Gasteiger partial charge in [0.1, 0.15) is 11.6 Å². The zero-order valence-corrected chi connectivity index (χ0v) is 11.3. The van der Waals surface area contributed by atoms with E-state index in [2.05, 4.69) is 20.5 Å². The second kappa shape index (κ2) is 5.66. The molecule has 0 radical (unpaired) electrons. The lowest BCUT2D eigenvalue weighted by atomic mass is 10.3. The van der Waals surface area contributed by atoms with Gasteiger partial charge in [-0.05, 0) is 13.8 Å². The molecule has 2 aromatic rings. The van der Waals surface area contributed by atoms with Crippen molar-refractivity contribution in [3.8, 4) is 11.6 Å². The average Bonchev–Trinajstić information content (AvgIpc) is 2.88. The monoisotopic (exact) mass is 262 g/mol. The first kappa shape index (κ1) is 13.3. The van der Waals surface area contributed by atoms with Crippen LogP contribution in [0, 0.1) is 6.92 Å². The molecule has 0 atom stereocenters. The van der Waals surface area contributed by atoms with Gasteiger partial charge in [-0.3, -0.25) is 0 Å². The zero-order valence-electron chi connectivity index (χ0n) is 11.3. The molecule has 0 aliphatic heterocycles. The van der Waals surface area contributed by atoms with Gasteiger partial charge in [-0.15, -0.1) is 0 Å². The van der Waals surface area contributed by atoms with E-state index in [1.165, 1.54) is 0 Å². The smallest absolute Gasteiger partial charge is 0.162 e. The number of nitrogens with one attached hydrogen (secondary N) is 1. The largest absolute Gasteiger partial charge is 0.491 e. The van der Waals surface area contributed by atoms with E-state index in [4.69, 9.17) is 10.6 Å². The molecule has 0 spiro atoms. The molecule has 0 unspecified atom stereocenters. The van der Waals surface area contributed by atoms with E-state index >= 15 is 0 Å². The minimum Gasteiger partial charge on any atom is -0.491 e. The second-order valence-corrected chi connectivity index (χ2v) is 3.99. The van der Waals surface area contributed by atoms with Crippen LogP contribution in [0.5, 0.6) is 5.75 Å². The number of nitrogen functional groups attached to an aromatic ring is 1. The Kier molecular flexibility index (Phi) is 3.96. The second-order valence-electron chi connectivity index (χ2n) is 3.99. The van der Waals surface area contributed by atoms with Gasteiger partial charge in [0.25, 0.3) is 0 Å². The normalized spacial score (nSPS) is 10.5. The van der Waals surface area contributed by atoms with Crippen LogP contribution in [0.25, 0.3) is 5.82 Å². The molecule has 7 heteroatoms. The van der Waals surface area contributed by atoms with Crippen molar-refractivity contribution >= 4 is 5.82 Å². The van der Waals surface area contributed by atoms with Crippen molar-refractivity contribution in [3.63, 3.8) is 0 Å². The van der Waals surface area contributed by atoms with Crippen LogP contribution in [0.3, 0.4) is 0 Å². The van der Waals surface area contributed by atoms with Gasteiger partial charge in [-0.2, -0.15) is 5.10 Å². The van der Waals surface area contributed by atoms with Crippen molar-refractivity contribution < 1.29 is 4.74 Å². The molecule has 0 aliphatic rings. The highest BCUT2D eigenvalue weighted by atomic mass is 16.5. The summed E-state index contributed by atoms with van der Waals surface area (Å²) >= 11 is 0. The third-order valence-electron chi connectivity index (χ3n) is 2.71. The molecule has 3 N–H and O–H groups in total. The van der Waals surface area contributed by atoms with E-state index < -0.39 is 0 Å². The zero-order chi connectivity index (χ0) is 13.8. The van der Waals surface area contributed by atoms with Gasteiger partial charge in [0, 0.05) is 12.0 Å². The van der Waals surface area contributed by atoms with Crippen LogP contribution in [0.4, 0.5) is 5.82 Å². The molecule has 0 fully saturated rings. The summed E-state index contributed by atoms with van der Waals surface area (Å²) in [7, 11) is 0. The fraction of sp³-hybridized carbons (Fsp3) is 0.417. The highest BCUT2D eigenvalue weighted by Gasteiger charge is 2.12. The Balaban J connectivity index is 2.47. The Hall–Kier alpha value is -2.15. The van der Waals surface area contributed by atoms with Gasteiger partial charge in [-0.25, -0.2) is 20.5 Å². The van der Waals surface area contributed by atoms with E-state index in [-0.39, 0.29) is 0 Å². The number of anilines is 1. The van der Waals surface area contributed by atoms with E-state index in [1.807, 2.05) is 20.8 Å². The summed E-state index contributed by atoms with van der Waals surface area (Å²) in [6.07, 6.45) is 4.17. The summed E-state index contributed by atoms with van der Waals surface area (Å²) in [5, 5.41) is 4.25. The highest BCUT2D eigenvalue weighted by Crippen LogP contribution is 2.20. The number of hydrazine groups is 1. The summed E-state index contributed by atoms with van der Waals surface area (Å²) in [6.45, 7) is 6.42. The molecule has 0 aromatic carbocycles. The lowest BCUT2D eigenvalue weighted by Gasteiger charge is -2.11. The van der Waals surface area contributed by atoms with Crippen molar-refractivity contribution in [1.29, 1.82) is 0 Å². The fourth-order valence-electron chi connectivity index (χ4n) is 1.73. The molecule has 0 saturated carbocycles. The number of aryl methyl sites for hydroxylation is 1. The first-order valence-electron chi connectivity index (χ1n) is 6.21. The predicted octanol–water partition coefficient (Wildman–Crippen LogP) is 1.22.